The molecule has 0 amide bonds. The number of fused-ring (bicyclic) bond motifs is 8. The molecular weight excluding hydrogens is 392 g/mol. The van der Waals surface area contributed by atoms with Gasteiger partial charge in [0.25, 0.3) is 0 Å². The van der Waals surface area contributed by atoms with E-state index in [1.54, 1.807) is 6.07 Å². The summed E-state index contributed by atoms with van der Waals surface area (Å²) in [7, 11) is 0. The van der Waals surface area contributed by atoms with Crippen LogP contribution in [0.4, 0.5) is 0 Å². The second-order valence-corrected chi connectivity index (χ2v) is 8.94. The number of hydrogen-bond acceptors (Lipinski definition) is 2. The van der Waals surface area contributed by atoms with Crippen LogP contribution in [0.2, 0.25) is 0 Å². The largest absolute Gasteiger partial charge is 0.504 e. The molecule has 7 rings (SSSR count). The maximum atomic E-state index is 10.6. The maximum absolute atomic E-state index is 10.6. The van der Waals surface area contributed by atoms with Gasteiger partial charge in [0.2, 0.25) is 0 Å². The molecule has 1 aliphatic carbocycles. The fourth-order valence-electron chi connectivity index (χ4n) is 5.87. The van der Waals surface area contributed by atoms with E-state index in [4.69, 9.17) is 4.42 Å². The minimum absolute atomic E-state index is 0.208. The monoisotopic (exact) mass is 414 g/mol. The average molecular weight is 415 g/mol. The van der Waals surface area contributed by atoms with Crippen molar-refractivity contribution in [3.63, 3.8) is 0 Å². The van der Waals surface area contributed by atoms with Crippen LogP contribution in [0.1, 0.15) is 35.4 Å². The highest BCUT2D eigenvalue weighted by atomic mass is 16.4. The van der Waals surface area contributed by atoms with E-state index in [0.717, 1.165) is 35.6 Å². The molecule has 2 heteroatoms. The lowest BCUT2D eigenvalue weighted by Crippen LogP contribution is -2.12. The lowest BCUT2D eigenvalue weighted by atomic mass is 9.75. The van der Waals surface area contributed by atoms with E-state index in [0.29, 0.717) is 5.58 Å². The van der Waals surface area contributed by atoms with Crippen LogP contribution in [0.3, 0.4) is 0 Å². The van der Waals surface area contributed by atoms with Crippen LogP contribution in [0.15, 0.2) is 89.3 Å². The van der Waals surface area contributed by atoms with Crippen molar-refractivity contribution in [3.05, 3.63) is 102 Å². The van der Waals surface area contributed by atoms with Gasteiger partial charge in [-0.05, 0) is 69.6 Å². The number of para-hydroxylation sites is 1. The Morgan fingerprint density at radius 1 is 0.719 bits per heavy atom. The van der Waals surface area contributed by atoms with Gasteiger partial charge < -0.3 is 9.52 Å². The zero-order valence-electron chi connectivity index (χ0n) is 17.6. The van der Waals surface area contributed by atoms with Crippen LogP contribution >= 0.6 is 0 Å². The Morgan fingerprint density at radius 2 is 1.53 bits per heavy atom. The molecule has 32 heavy (non-hydrogen) atoms. The van der Waals surface area contributed by atoms with Crippen molar-refractivity contribution in [2.75, 3.05) is 0 Å². The molecule has 0 spiro atoms. The van der Waals surface area contributed by atoms with Crippen molar-refractivity contribution >= 4 is 43.5 Å². The van der Waals surface area contributed by atoms with E-state index in [1.807, 2.05) is 18.2 Å². The second kappa shape index (κ2) is 6.61. The van der Waals surface area contributed by atoms with Gasteiger partial charge >= 0.3 is 0 Å². The van der Waals surface area contributed by atoms with Gasteiger partial charge in [-0.3, -0.25) is 0 Å². The molecule has 1 heterocycles. The highest BCUT2D eigenvalue weighted by molar-refractivity contribution is 6.11. The van der Waals surface area contributed by atoms with Crippen LogP contribution in [-0.4, -0.2) is 5.11 Å². The van der Waals surface area contributed by atoms with Crippen molar-refractivity contribution in [2.45, 2.75) is 25.2 Å². The van der Waals surface area contributed by atoms with E-state index < -0.39 is 0 Å². The summed E-state index contributed by atoms with van der Waals surface area (Å²) in [6, 6.07) is 29.9. The Morgan fingerprint density at radius 3 is 2.47 bits per heavy atom. The number of rotatable bonds is 1. The second-order valence-electron chi connectivity index (χ2n) is 8.94. The average Bonchev–Trinajstić information content (AvgIpc) is 3.24. The molecule has 1 atom stereocenters. The predicted octanol–water partition coefficient (Wildman–Crippen LogP) is 8.07. The standard InChI is InChI=1S/C30H22O2/c31-26-17-16-24(29-25-9-3-4-11-27(25)32-30(26)29)22-10-5-7-19-13-14-21-20-8-2-1-6-18(20)12-15-23(21)28(19)22/h1-4,6,8-9,11-17,22,31H,5,7,10H2. The van der Waals surface area contributed by atoms with Crippen molar-refractivity contribution in [1.29, 1.82) is 0 Å². The maximum Gasteiger partial charge on any atom is 0.177 e. The fourth-order valence-corrected chi connectivity index (χ4v) is 5.87. The normalized spacial score (nSPS) is 16.2. The number of aryl methyl sites for hydroxylation is 1. The molecule has 0 radical (unpaired) electrons. The lowest BCUT2D eigenvalue weighted by Gasteiger charge is -2.28. The first-order chi connectivity index (χ1) is 15.8. The van der Waals surface area contributed by atoms with E-state index in [9.17, 15) is 5.11 Å². The third-order valence-electron chi connectivity index (χ3n) is 7.26. The molecule has 6 aromatic rings. The first-order valence-corrected chi connectivity index (χ1v) is 11.4. The molecule has 154 valence electrons. The van der Waals surface area contributed by atoms with Gasteiger partial charge in [0.1, 0.15) is 5.58 Å². The first kappa shape index (κ1) is 17.9. The van der Waals surface area contributed by atoms with Crippen molar-refractivity contribution < 1.29 is 9.52 Å². The topological polar surface area (TPSA) is 33.4 Å². The summed E-state index contributed by atoms with van der Waals surface area (Å²) in [5, 5.41) is 18.0. The van der Waals surface area contributed by atoms with Crippen molar-refractivity contribution in [3.8, 4) is 5.75 Å². The zero-order chi connectivity index (χ0) is 21.2. The minimum atomic E-state index is 0.208. The van der Waals surface area contributed by atoms with Crippen LogP contribution in [0.5, 0.6) is 5.75 Å². The summed E-state index contributed by atoms with van der Waals surface area (Å²) >= 11 is 0. The summed E-state index contributed by atoms with van der Waals surface area (Å²) in [4.78, 5) is 0. The quantitative estimate of drug-likeness (QED) is 0.276. The Balaban J connectivity index is 1.57. The Labute approximate surface area is 185 Å². The van der Waals surface area contributed by atoms with Crippen molar-refractivity contribution in [1.82, 2.24) is 0 Å². The van der Waals surface area contributed by atoms with E-state index in [2.05, 4.69) is 60.7 Å². The number of furan rings is 1. The summed E-state index contributed by atoms with van der Waals surface area (Å²) < 4.78 is 6.10. The van der Waals surface area contributed by atoms with Gasteiger partial charge in [0, 0.05) is 16.7 Å². The highest BCUT2D eigenvalue weighted by Crippen LogP contribution is 2.47. The minimum Gasteiger partial charge on any atom is -0.504 e. The third-order valence-corrected chi connectivity index (χ3v) is 7.26. The zero-order valence-corrected chi connectivity index (χ0v) is 17.6. The van der Waals surface area contributed by atoms with Crippen molar-refractivity contribution in [2.24, 2.45) is 0 Å². The van der Waals surface area contributed by atoms with Crippen LogP contribution in [-0.2, 0) is 6.42 Å². The number of hydrogen-bond donors (Lipinski definition) is 1. The SMILES string of the molecule is Oc1ccc(C2CCCc3ccc4c(ccc5ccccc54)c32)c2c1oc1ccccc12. The highest BCUT2D eigenvalue weighted by Gasteiger charge is 2.28. The Hall–Kier alpha value is -3.78. The summed E-state index contributed by atoms with van der Waals surface area (Å²) in [5.41, 5.74) is 5.56. The molecule has 0 bridgehead atoms. The Kier molecular flexibility index (Phi) is 3.69. The Bertz CT molecular complexity index is 1670. The molecule has 1 aromatic heterocycles. The van der Waals surface area contributed by atoms with Gasteiger partial charge in [-0.15, -0.1) is 0 Å². The van der Waals surface area contributed by atoms with E-state index in [-0.39, 0.29) is 11.7 Å². The predicted molar refractivity (Wildman–Crippen MR) is 132 cm³/mol. The van der Waals surface area contributed by atoms with Gasteiger partial charge in [-0.1, -0.05) is 72.8 Å². The molecule has 1 unspecified atom stereocenters. The van der Waals surface area contributed by atoms with E-state index in [1.165, 1.54) is 38.2 Å². The third kappa shape index (κ3) is 2.41. The van der Waals surface area contributed by atoms with Crippen LogP contribution < -0.4 is 0 Å². The lowest BCUT2D eigenvalue weighted by molar-refractivity contribution is 0.468. The molecule has 5 aromatic carbocycles. The molecule has 1 aliphatic rings. The number of phenolic OH excluding ortho intramolecular Hbond substituents is 1. The number of phenols is 1. The molecule has 2 nitrogen and oxygen atoms in total. The summed E-state index contributed by atoms with van der Waals surface area (Å²) in [6.45, 7) is 0. The molecule has 0 saturated heterocycles. The van der Waals surface area contributed by atoms with Crippen LogP contribution in [0.25, 0.3) is 43.5 Å². The smallest absolute Gasteiger partial charge is 0.177 e. The summed E-state index contributed by atoms with van der Waals surface area (Å²) in [5.74, 6) is 0.479. The molecule has 0 aliphatic heterocycles. The number of aromatic hydroxyl groups is 1. The van der Waals surface area contributed by atoms with Gasteiger partial charge in [0.05, 0.1) is 0 Å². The molecule has 0 fully saturated rings. The van der Waals surface area contributed by atoms with Gasteiger partial charge in [0.15, 0.2) is 11.3 Å². The first-order valence-electron chi connectivity index (χ1n) is 11.4. The molecule has 1 N–H and O–H groups in total. The van der Waals surface area contributed by atoms with Crippen LogP contribution in [0, 0.1) is 0 Å². The van der Waals surface area contributed by atoms with Gasteiger partial charge in [-0.2, -0.15) is 0 Å². The molecule has 0 saturated carbocycles. The van der Waals surface area contributed by atoms with E-state index >= 15 is 0 Å². The molecular formula is C30H22O2. The summed E-state index contributed by atoms with van der Waals surface area (Å²) in [6.07, 6.45) is 3.37. The number of benzene rings is 5. The van der Waals surface area contributed by atoms with Gasteiger partial charge in [-0.25, -0.2) is 0 Å². The fraction of sp³-hybridized carbons (Fsp3) is 0.133.